The average Bonchev–Trinajstić information content (AvgIpc) is 2.59. The van der Waals surface area contributed by atoms with E-state index < -0.39 is 5.95 Å². The zero-order chi connectivity index (χ0) is 11.7. The Morgan fingerprint density at radius 1 is 1.25 bits per heavy atom. The molecule has 2 rings (SSSR count). The van der Waals surface area contributed by atoms with Crippen LogP contribution in [0.2, 0.25) is 0 Å². The van der Waals surface area contributed by atoms with Crippen molar-refractivity contribution in [1.82, 2.24) is 9.78 Å². The molecule has 2 nitrogen and oxygen atoms in total. The van der Waals surface area contributed by atoms with Gasteiger partial charge < -0.3 is 0 Å². The van der Waals surface area contributed by atoms with Crippen LogP contribution in [0.15, 0.2) is 30.5 Å². The molecule has 0 aliphatic carbocycles. The number of halogens is 3. The van der Waals surface area contributed by atoms with Crippen molar-refractivity contribution in [3.05, 3.63) is 51.4 Å². The molecule has 0 radical (unpaired) electrons. The number of hydrogen-bond acceptors (Lipinski definition) is 1. The maximum atomic E-state index is 13.1. The van der Waals surface area contributed by atoms with Crippen molar-refractivity contribution in [2.24, 2.45) is 0 Å². The van der Waals surface area contributed by atoms with E-state index in [4.69, 9.17) is 0 Å². The molecular weight excluding hydrogens is 325 g/mol. The number of rotatable bonds is 2. The first-order valence-electron chi connectivity index (χ1n) is 4.73. The van der Waals surface area contributed by atoms with E-state index >= 15 is 0 Å². The maximum Gasteiger partial charge on any atom is 0.245 e. The Bertz CT molecular complexity index is 474. The molecule has 1 aromatic carbocycles. The summed E-state index contributed by atoms with van der Waals surface area (Å²) in [5.41, 5.74) is 0.889. The Balaban J connectivity index is 2.31. The summed E-state index contributed by atoms with van der Waals surface area (Å²) >= 11 is 1.88. The summed E-state index contributed by atoms with van der Waals surface area (Å²) in [5.74, 6) is -0.758. The molecule has 0 saturated carbocycles. The molecule has 0 fully saturated rings. The van der Waals surface area contributed by atoms with E-state index in [2.05, 4.69) is 5.10 Å². The smallest absolute Gasteiger partial charge is 0.245 e. The summed E-state index contributed by atoms with van der Waals surface area (Å²) in [7, 11) is 0. The first kappa shape index (κ1) is 11.5. The van der Waals surface area contributed by atoms with E-state index in [0.717, 1.165) is 5.56 Å². The van der Waals surface area contributed by atoms with Gasteiger partial charge >= 0.3 is 0 Å². The monoisotopic (exact) mass is 334 g/mol. The lowest BCUT2D eigenvalue weighted by molar-refractivity contribution is 0.497. The summed E-state index contributed by atoms with van der Waals surface area (Å²) in [6.07, 6.45) is 1.63. The summed E-state index contributed by atoms with van der Waals surface area (Å²) in [6.45, 7) is 1.88. The predicted octanol–water partition coefficient (Wildman–Crippen LogP) is 3.38. The predicted molar refractivity (Wildman–Crippen MR) is 65.1 cm³/mol. The Morgan fingerprint density at radius 2 is 1.88 bits per heavy atom. The molecule has 5 heteroatoms. The third-order valence-electron chi connectivity index (χ3n) is 2.40. The van der Waals surface area contributed by atoms with Crippen molar-refractivity contribution in [2.75, 3.05) is 0 Å². The second kappa shape index (κ2) is 4.48. The molecule has 1 aromatic heterocycles. The van der Waals surface area contributed by atoms with E-state index in [1.807, 2.05) is 29.5 Å². The van der Waals surface area contributed by atoms with E-state index in [1.165, 1.54) is 16.8 Å². The van der Waals surface area contributed by atoms with Gasteiger partial charge in [-0.1, -0.05) is 12.1 Å². The standard InChI is InChI=1S/C11H9F2IN2/c1-7(8-2-4-9(12)5-3-8)16-6-10(14)11(13)15-16/h2-7H,1H3. The minimum absolute atomic E-state index is 0.112. The van der Waals surface area contributed by atoms with Gasteiger partial charge in [0, 0.05) is 6.20 Å². The van der Waals surface area contributed by atoms with Crippen molar-refractivity contribution >= 4 is 22.6 Å². The lowest BCUT2D eigenvalue weighted by Crippen LogP contribution is -2.07. The van der Waals surface area contributed by atoms with Crippen LogP contribution in [-0.4, -0.2) is 9.78 Å². The topological polar surface area (TPSA) is 17.8 Å². The van der Waals surface area contributed by atoms with Crippen LogP contribution in [0.5, 0.6) is 0 Å². The molecule has 0 N–H and O–H groups in total. The number of nitrogens with zero attached hydrogens (tertiary/aromatic N) is 2. The van der Waals surface area contributed by atoms with Gasteiger partial charge in [0.2, 0.25) is 5.95 Å². The Hall–Kier alpha value is -0.980. The largest absolute Gasteiger partial charge is 0.261 e. The van der Waals surface area contributed by atoms with Crippen molar-refractivity contribution < 1.29 is 8.78 Å². The molecule has 0 bridgehead atoms. The fraction of sp³-hybridized carbons (Fsp3) is 0.182. The number of hydrogen-bond donors (Lipinski definition) is 0. The highest BCUT2D eigenvalue weighted by molar-refractivity contribution is 14.1. The third kappa shape index (κ3) is 2.23. The fourth-order valence-corrected chi connectivity index (χ4v) is 1.83. The SMILES string of the molecule is CC(c1ccc(F)cc1)n1cc(I)c(F)n1. The van der Waals surface area contributed by atoms with E-state index in [9.17, 15) is 8.78 Å². The van der Waals surface area contributed by atoms with Crippen LogP contribution >= 0.6 is 22.6 Å². The van der Waals surface area contributed by atoms with Gasteiger partial charge in [0.25, 0.3) is 0 Å². The Kier molecular flexibility index (Phi) is 3.22. The average molecular weight is 334 g/mol. The third-order valence-corrected chi connectivity index (χ3v) is 3.12. The van der Waals surface area contributed by atoms with Gasteiger partial charge in [0.05, 0.1) is 9.61 Å². The van der Waals surface area contributed by atoms with Crippen molar-refractivity contribution in [1.29, 1.82) is 0 Å². The highest BCUT2D eigenvalue weighted by Crippen LogP contribution is 2.19. The van der Waals surface area contributed by atoms with E-state index in [0.29, 0.717) is 3.57 Å². The zero-order valence-corrected chi connectivity index (χ0v) is 10.6. The van der Waals surface area contributed by atoms with Gasteiger partial charge in [-0.15, -0.1) is 5.10 Å². The van der Waals surface area contributed by atoms with Crippen molar-refractivity contribution in [2.45, 2.75) is 13.0 Å². The Morgan fingerprint density at radius 3 is 2.38 bits per heavy atom. The summed E-state index contributed by atoms with van der Waals surface area (Å²) in [5, 5.41) is 3.76. The van der Waals surface area contributed by atoms with Gasteiger partial charge in [-0.25, -0.2) is 4.39 Å². The fourth-order valence-electron chi connectivity index (χ4n) is 1.44. The van der Waals surface area contributed by atoms with Crippen LogP contribution in [0.3, 0.4) is 0 Å². The second-order valence-corrected chi connectivity index (χ2v) is 4.64. The summed E-state index contributed by atoms with van der Waals surface area (Å²) in [4.78, 5) is 0. The molecule has 0 saturated heterocycles. The van der Waals surface area contributed by atoms with Crippen LogP contribution in [0.25, 0.3) is 0 Å². The Labute approximate surface area is 105 Å². The van der Waals surface area contributed by atoms with Gasteiger partial charge in [0.1, 0.15) is 5.82 Å². The van der Waals surface area contributed by atoms with Gasteiger partial charge in [-0.05, 0) is 47.2 Å². The molecule has 0 aliphatic rings. The van der Waals surface area contributed by atoms with E-state index in [-0.39, 0.29) is 11.9 Å². The summed E-state index contributed by atoms with van der Waals surface area (Å²) < 4.78 is 27.8. The minimum Gasteiger partial charge on any atom is -0.261 e. The molecule has 0 amide bonds. The minimum atomic E-state index is -0.477. The normalized spacial score (nSPS) is 12.8. The molecule has 2 aromatic rings. The number of aromatic nitrogens is 2. The molecular formula is C11H9F2IN2. The first-order chi connectivity index (χ1) is 7.58. The van der Waals surface area contributed by atoms with Crippen LogP contribution < -0.4 is 0 Å². The lowest BCUT2D eigenvalue weighted by atomic mass is 10.1. The first-order valence-corrected chi connectivity index (χ1v) is 5.81. The molecule has 84 valence electrons. The van der Waals surface area contributed by atoms with Crippen molar-refractivity contribution in [3.8, 4) is 0 Å². The van der Waals surface area contributed by atoms with E-state index in [1.54, 1.807) is 18.3 Å². The summed E-state index contributed by atoms with van der Waals surface area (Å²) in [6, 6.07) is 6.00. The second-order valence-electron chi connectivity index (χ2n) is 3.48. The molecule has 16 heavy (non-hydrogen) atoms. The molecule has 1 atom stereocenters. The van der Waals surface area contributed by atoms with Gasteiger partial charge in [-0.3, -0.25) is 4.68 Å². The van der Waals surface area contributed by atoms with Gasteiger partial charge in [0.15, 0.2) is 0 Å². The van der Waals surface area contributed by atoms with Gasteiger partial charge in [-0.2, -0.15) is 4.39 Å². The number of benzene rings is 1. The highest BCUT2D eigenvalue weighted by atomic mass is 127. The van der Waals surface area contributed by atoms with Crippen LogP contribution in [0.4, 0.5) is 8.78 Å². The zero-order valence-electron chi connectivity index (χ0n) is 8.49. The lowest BCUT2D eigenvalue weighted by Gasteiger charge is -2.11. The van der Waals surface area contributed by atoms with Crippen LogP contribution in [0, 0.1) is 15.3 Å². The molecule has 0 aliphatic heterocycles. The molecule has 1 unspecified atom stereocenters. The highest BCUT2D eigenvalue weighted by Gasteiger charge is 2.12. The van der Waals surface area contributed by atoms with Crippen LogP contribution in [0.1, 0.15) is 18.5 Å². The molecule has 1 heterocycles. The molecule has 0 spiro atoms. The quantitative estimate of drug-likeness (QED) is 0.770. The maximum absolute atomic E-state index is 13.1. The van der Waals surface area contributed by atoms with Crippen molar-refractivity contribution in [3.63, 3.8) is 0 Å². The van der Waals surface area contributed by atoms with Crippen LogP contribution in [-0.2, 0) is 0 Å².